The molecule has 0 aliphatic rings. The van der Waals surface area contributed by atoms with Crippen LogP contribution in [0.1, 0.15) is 53.4 Å². The molecule has 0 saturated carbocycles. The average molecular weight is 285 g/mol. The molecular weight excluding hydrogens is 254 g/mol. The number of hydrogen-bond acceptors (Lipinski definition) is 3. The summed E-state index contributed by atoms with van der Waals surface area (Å²) in [4.78, 5) is 12.1. The van der Waals surface area contributed by atoms with Gasteiger partial charge in [-0.3, -0.25) is 4.79 Å². The fourth-order valence-electron chi connectivity index (χ4n) is 1.77. The molecule has 0 rings (SSSR count). The summed E-state index contributed by atoms with van der Waals surface area (Å²) in [5.74, 6) is 0.799. The van der Waals surface area contributed by atoms with Gasteiger partial charge in [-0.15, -0.1) is 0 Å². The standard InChI is InChI=1S/C16H31NO3/c1-12(2)7-8-15(19)10-14(6-5-9-18)16(20)17-11-13(3)4/h10,12-13,15,18-19H,5-9,11H2,1-4H3,(H,17,20)/b14-10+. The lowest BCUT2D eigenvalue weighted by Crippen LogP contribution is -2.29. The molecule has 1 amide bonds. The van der Waals surface area contributed by atoms with Crippen LogP contribution in [0, 0.1) is 11.8 Å². The lowest BCUT2D eigenvalue weighted by molar-refractivity contribution is -0.117. The van der Waals surface area contributed by atoms with E-state index in [4.69, 9.17) is 5.11 Å². The van der Waals surface area contributed by atoms with Crippen LogP contribution < -0.4 is 5.32 Å². The number of hydrogen-bond donors (Lipinski definition) is 3. The molecule has 118 valence electrons. The maximum Gasteiger partial charge on any atom is 0.246 e. The van der Waals surface area contributed by atoms with E-state index in [1.807, 2.05) is 13.8 Å². The topological polar surface area (TPSA) is 69.6 Å². The summed E-state index contributed by atoms with van der Waals surface area (Å²) in [6.45, 7) is 8.97. The Bertz CT molecular complexity index is 298. The van der Waals surface area contributed by atoms with E-state index in [0.29, 0.717) is 43.2 Å². The third-order valence-electron chi connectivity index (χ3n) is 3.00. The van der Waals surface area contributed by atoms with Crippen LogP contribution >= 0.6 is 0 Å². The second-order valence-electron chi connectivity index (χ2n) is 6.16. The summed E-state index contributed by atoms with van der Waals surface area (Å²) in [7, 11) is 0. The van der Waals surface area contributed by atoms with E-state index in [2.05, 4.69) is 19.2 Å². The fourth-order valence-corrected chi connectivity index (χ4v) is 1.77. The Morgan fingerprint density at radius 3 is 2.30 bits per heavy atom. The third kappa shape index (κ3) is 9.98. The lowest BCUT2D eigenvalue weighted by atomic mass is 10.0. The Morgan fingerprint density at radius 1 is 1.15 bits per heavy atom. The van der Waals surface area contributed by atoms with Crippen LogP contribution in [0.25, 0.3) is 0 Å². The Morgan fingerprint density at radius 2 is 1.80 bits per heavy atom. The molecule has 0 bridgehead atoms. The molecule has 1 unspecified atom stereocenters. The van der Waals surface area contributed by atoms with Crippen molar-refractivity contribution in [1.82, 2.24) is 5.32 Å². The van der Waals surface area contributed by atoms with E-state index in [9.17, 15) is 9.90 Å². The molecule has 0 radical (unpaired) electrons. The number of aliphatic hydroxyl groups is 2. The van der Waals surface area contributed by atoms with Gasteiger partial charge in [-0.2, -0.15) is 0 Å². The lowest BCUT2D eigenvalue weighted by Gasteiger charge is -2.13. The molecule has 0 saturated heterocycles. The van der Waals surface area contributed by atoms with Gasteiger partial charge in [0.2, 0.25) is 5.91 Å². The van der Waals surface area contributed by atoms with E-state index in [0.717, 1.165) is 6.42 Å². The minimum absolute atomic E-state index is 0.0525. The molecule has 0 aromatic carbocycles. The number of aliphatic hydroxyl groups excluding tert-OH is 2. The van der Waals surface area contributed by atoms with Crippen LogP contribution in [0.2, 0.25) is 0 Å². The van der Waals surface area contributed by atoms with Gasteiger partial charge in [-0.05, 0) is 43.6 Å². The van der Waals surface area contributed by atoms with Crippen LogP contribution in [0.3, 0.4) is 0 Å². The number of amides is 1. The molecule has 0 aliphatic heterocycles. The Hall–Kier alpha value is -0.870. The molecule has 0 aliphatic carbocycles. The predicted molar refractivity (Wildman–Crippen MR) is 82.3 cm³/mol. The van der Waals surface area contributed by atoms with Crippen molar-refractivity contribution < 1.29 is 15.0 Å². The van der Waals surface area contributed by atoms with Crippen molar-refractivity contribution in [2.75, 3.05) is 13.2 Å². The maximum absolute atomic E-state index is 12.1. The van der Waals surface area contributed by atoms with Crippen LogP contribution in [0.5, 0.6) is 0 Å². The summed E-state index contributed by atoms with van der Waals surface area (Å²) in [5, 5.41) is 21.7. The van der Waals surface area contributed by atoms with E-state index in [1.165, 1.54) is 0 Å². The summed E-state index contributed by atoms with van der Waals surface area (Å²) >= 11 is 0. The van der Waals surface area contributed by atoms with Crippen molar-refractivity contribution in [2.24, 2.45) is 11.8 Å². The zero-order valence-electron chi connectivity index (χ0n) is 13.4. The molecule has 0 spiro atoms. The first-order valence-corrected chi connectivity index (χ1v) is 7.64. The summed E-state index contributed by atoms with van der Waals surface area (Å²) < 4.78 is 0. The molecule has 4 nitrogen and oxygen atoms in total. The molecule has 4 heteroatoms. The smallest absolute Gasteiger partial charge is 0.246 e. The first-order valence-electron chi connectivity index (χ1n) is 7.64. The van der Waals surface area contributed by atoms with Gasteiger partial charge in [0.1, 0.15) is 0 Å². The number of carbonyl (C=O) groups is 1. The number of carbonyl (C=O) groups excluding carboxylic acids is 1. The zero-order chi connectivity index (χ0) is 15.5. The van der Waals surface area contributed by atoms with Crippen LogP contribution in [-0.4, -0.2) is 35.4 Å². The second-order valence-corrected chi connectivity index (χ2v) is 6.16. The van der Waals surface area contributed by atoms with E-state index in [1.54, 1.807) is 6.08 Å². The van der Waals surface area contributed by atoms with Crippen molar-refractivity contribution in [2.45, 2.75) is 59.5 Å². The highest BCUT2D eigenvalue weighted by Crippen LogP contribution is 2.12. The van der Waals surface area contributed by atoms with Gasteiger partial charge in [-0.1, -0.05) is 27.7 Å². The van der Waals surface area contributed by atoms with Gasteiger partial charge in [0.25, 0.3) is 0 Å². The predicted octanol–water partition coefficient (Wildman–Crippen LogP) is 2.25. The molecular formula is C16H31NO3. The van der Waals surface area contributed by atoms with Gasteiger partial charge in [0.05, 0.1) is 6.10 Å². The van der Waals surface area contributed by atoms with Crippen LogP contribution in [-0.2, 0) is 4.79 Å². The summed E-state index contributed by atoms with van der Waals surface area (Å²) in [6, 6.07) is 0. The normalized spacial score (nSPS) is 13.9. The second kappa shape index (κ2) is 10.9. The minimum Gasteiger partial charge on any atom is -0.396 e. The Kier molecular flexibility index (Phi) is 10.4. The maximum atomic E-state index is 12.1. The van der Waals surface area contributed by atoms with Crippen molar-refractivity contribution in [1.29, 1.82) is 0 Å². The molecule has 0 aromatic rings. The monoisotopic (exact) mass is 285 g/mol. The van der Waals surface area contributed by atoms with Gasteiger partial charge >= 0.3 is 0 Å². The number of rotatable bonds is 10. The Balaban J connectivity index is 4.54. The van der Waals surface area contributed by atoms with Crippen LogP contribution in [0.4, 0.5) is 0 Å². The highest BCUT2D eigenvalue weighted by molar-refractivity contribution is 5.93. The molecule has 20 heavy (non-hydrogen) atoms. The van der Waals surface area contributed by atoms with Gasteiger partial charge < -0.3 is 15.5 Å². The largest absolute Gasteiger partial charge is 0.396 e. The molecule has 0 fully saturated rings. The highest BCUT2D eigenvalue weighted by atomic mass is 16.3. The zero-order valence-corrected chi connectivity index (χ0v) is 13.4. The van der Waals surface area contributed by atoms with Crippen molar-refractivity contribution in [3.8, 4) is 0 Å². The number of nitrogens with one attached hydrogen (secondary N) is 1. The summed E-state index contributed by atoms with van der Waals surface area (Å²) in [6.07, 6.45) is 3.69. The highest BCUT2D eigenvalue weighted by Gasteiger charge is 2.12. The van der Waals surface area contributed by atoms with Crippen molar-refractivity contribution in [3.63, 3.8) is 0 Å². The first-order chi connectivity index (χ1) is 9.36. The summed E-state index contributed by atoms with van der Waals surface area (Å²) in [5.41, 5.74) is 0.580. The molecule has 3 N–H and O–H groups in total. The molecule has 0 heterocycles. The van der Waals surface area contributed by atoms with Crippen LogP contribution in [0.15, 0.2) is 11.6 Å². The van der Waals surface area contributed by atoms with E-state index in [-0.39, 0.29) is 12.5 Å². The minimum atomic E-state index is -0.587. The third-order valence-corrected chi connectivity index (χ3v) is 3.00. The van der Waals surface area contributed by atoms with Crippen molar-refractivity contribution >= 4 is 5.91 Å². The molecule has 0 aromatic heterocycles. The van der Waals surface area contributed by atoms with Gasteiger partial charge in [-0.25, -0.2) is 0 Å². The van der Waals surface area contributed by atoms with Gasteiger partial charge in [0.15, 0.2) is 0 Å². The molecule has 1 atom stereocenters. The van der Waals surface area contributed by atoms with E-state index >= 15 is 0 Å². The fraction of sp³-hybridized carbons (Fsp3) is 0.812. The quantitative estimate of drug-likeness (QED) is 0.539. The average Bonchev–Trinajstić information content (AvgIpc) is 2.38. The van der Waals surface area contributed by atoms with Gasteiger partial charge in [0, 0.05) is 18.7 Å². The van der Waals surface area contributed by atoms with Crippen molar-refractivity contribution in [3.05, 3.63) is 11.6 Å². The Labute approximate surface area is 123 Å². The SMILES string of the molecule is CC(C)CCC(O)/C=C(\CCCO)C(=O)NCC(C)C. The first kappa shape index (κ1) is 19.1. The van der Waals surface area contributed by atoms with E-state index < -0.39 is 6.10 Å².